The maximum absolute atomic E-state index is 13.1. The highest BCUT2D eigenvalue weighted by molar-refractivity contribution is 7.92. The molecule has 0 radical (unpaired) electrons. The van der Waals surface area contributed by atoms with Gasteiger partial charge in [-0.25, -0.2) is 17.2 Å². The van der Waals surface area contributed by atoms with Crippen molar-refractivity contribution in [2.75, 3.05) is 4.72 Å². The van der Waals surface area contributed by atoms with Gasteiger partial charge in [-0.1, -0.05) is 25.5 Å². The molecule has 6 heteroatoms. The van der Waals surface area contributed by atoms with Gasteiger partial charge >= 0.3 is 0 Å². The van der Waals surface area contributed by atoms with E-state index in [-0.39, 0.29) is 0 Å². The highest BCUT2D eigenvalue weighted by atomic mass is 32.2. The summed E-state index contributed by atoms with van der Waals surface area (Å²) in [6.45, 7) is 2.10. The first-order valence-electron chi connectivity index (χ1n) is 6.98. The Labute approximate surface area is 129 Å². The van der Waals surface area contributed by atoms with Crippen molar-refractivity contribution in [2.24, 2.45) is 0 Å². The van der Waals surface area contributed by atoms with Crippen molar-refractivity contribution in [1.82, 2.24) is 0 Å². The largest absolute Gasteiger partial charge is 0.280 e. The minimum absolute atomic E-state index is 0.352. The number of unbranched alkanes of at least 4 members (excludes halogenated alkanes) is 1. The molecule has 0 atom stereocenters. The van der Waals surface area contributed by atoms with Crippen molar-refractivity contribution < 1.29 is 17.2 Å². The molecule has 3 nitrogen and oxygen atoms in total. The Morgan fingerprint density at radius 2 is 1.59 bits per heavy atom. The van der Waals surface area contributed by atoms with E-state index in [0.29, 0.717) is 11.8 Å². The van der Waals surface area contributed by atoms with E-state index in [1.165, 1.54) is 0 Å². The lowest BCUT2D eigenvalue weighted by Gasteiger charge is -2.09. The Kier molecular flexibility index (Phi) is 5.13. The van der Waals surface area contributed by atoms with Crippen molar-refractivity contribution in [1.29, 1.82) is 0 Å². The van der Waals surface area contributed by atoms with E-state index < -0.39 is 26.6 Å². The molecule has 0 heterocycles. The van der Waals surface area contributed by atoms with Gasteiger partial charge in [-0.05, 0) is 42.7 Å². The van der Waals surface area contributed by atoms with Crippen LogP contribution in [0.4, 0.5) is 14.5 Å². The highest BCUT2D eigenvalue weighted by Crippen LogP contribution is 2.19. The van der Waals surface area contributed by atoms with Gasteiger partial charge in [0.25, 0.3) is 10.0 Å². The zero-order chi connectivity index (χ0) is 16.2. The molecule has 0 saturated carbocycles. The molecule has 0 aliphatic carbocycles. The van der Waals surface area contributed by atoms with Crippen LogP contribution in [0.5, 0.6) is 0 Å². The van der Waals surface area contributed by atoms with Gasteiger partial charge in [0, 0.05) is 11.8 Å². The molecule has 0 saturated heterocycles. The van der Waals surface area contributed by atoms with Crippen LogP contribution in [-0.4, -0.2) is 8.42 Å². The summed E-state index contributed by atoms with van der Waals surface area (Å²) in [6.07, 6.45) is 3.08. The van der Waals surface area contributed by atoms with Crippen LogP contribution < -0.4 is 4.72 Å². The number of benzene rings is 2. The van der Waals surface area contributed by atoms with Crippen LogP contribution in [-0.2, 0) is 16.4 Å². The molecule has 2 aromatic carbocycles. The third kappa shape index (κ3) is 4.27. The van der Waals surface area contributed by atoms with Gasteiger partial charge < -0.3 is 0 Å². The fraction of sp³-hybridized carbons (Fsp3) is 0.250. The molecule has 1 N–H and O–H groups in total. The number of aryl methyl sites for hydroxylation is 1. The Bertz CT molecular complexity index is 723. The third-order valence-corrected chi connectivity index (χ3v) is 4.53. The molecule has 0 spiro atoms. The summed E-state index contributed by atoms with van der Waals surface area (Å²) in [4.78, 5) is -0.444. The summed E-state index contributed by atoms with van der Waals surface area (Å²) in [5.41, 5.74) is 1.46. The lowest BCUT2D eigenvalue weighted by Crippen LogP contribution is -2.13. The smallest absolute Gasteiger partial charge is 0.262 e. The monoisotopic (exact) mass is 325 g/mol. The van der Waals surface area contributed by atoms with E-state index >= 15 is 0 Å². The second-order valence-electron chi connectivity index (χ2n) is 5.01. The maximum atomic E-state index is 13.1. The summed E-state index contributed by atoms with van der Waals surface area (Å²) in [7, 11) is -4.02. The standard InChI is InChI=1S/C16H17F2NO2S/c1-2-3-4-12-5-7-15(8-6-12)19-22(20,21)16-10-13(17)9-14(18)11-16/h5-11,19H,2-4H2,1H3. The first-order valence-corrected chi connectivity index (χ1v) is 8.47. The molecule has 118 valence electrons. The van der Waals surface area contributed by atoms with Crippen LogP contribution in [0.2, 0.25) is 0 Å². The first-order chi connectivity index (χ1) is 10.4. The van der Waals surface area contributed by atoms with Gasteiger partial charge in [0.2, 0.25) is 0 Å². The van der Waals surface area contributed by atoms with Crippen LogP contribution in [0, 0.1) is 11.6 Å². The van der Waals surface area contributed by atoms with Crippen LogP contribution in [0.15, 0.2) is 47.4 Å². The van der Waals surface area contributed by atoms with E-state index in [1.807, 2.05) is 12.1 Å². The Hall–Kier alpha value is -1.95. The number of rotatable bonds is 6. The lowest BCUT2D eigenvalue weighted by molar-refractivity contribution is 0.568. The van der Waals surface area contributed by atoms with Crippen molar-refractivity contribution >= 4 is 15.7 Å². The van der Waals surface area contributed by atoms with Crippen LogP contribution in [0.3, 0.4) is 0 Å². The van der Waals surface area contributed by atoms with Gasteiger partial charge in [-0.15, -0.1) is 0 Å². The second kappa shape index (κ2) is 6.87. The molecule has 0 fully saturated rings. The van der Waals surface area contributed by atoms with Gasteiger partial charge in [0.15, 0.2) is 0 Å². The Balaban J connectivity index is 2.17. The quantitative estimate of drug-likeness (QED) is 0.869. The van der Waals surface area contributed by atoms with E-state index in [9.17, 15) is 17.2 Å². The third-order valence-electron chi connectivity index (χ3n) is 3.17. The predicted octanol–water partition coefficient (Wildman–Crippen LogP) is 4.11. The molecule has 2 aromatic rings. The van der Waals surface area contributed by atoms with E-state index in [4.69, 9.17) is 0 Å². The molecule has 0 bridgehead atoms. The Morgan fingerprint density at radius 1 is 1.00 bits per heavy atom. The van der Waals surface area contributed by atoms with Crippen LogP contribution in [0.1, 0.15) is 25.3 Å². The van der Waals surface area contributed by atoms with Gasteiger partial charge in [0.1, 0.15) is 11.6 Å². The maximum Gasteiger partial charge on any atom is 0.262 e. The molecule has 0 aliphatic rings. The second-order valence-corrected chi connectivity index (χ2v) is 6.69. The average molecular weight is 325 g/mol. The molecular formula is C16H17F2NO2S. The first kappa shape index (κ1) is 16.4. The van der Waals surface area contributed by atoms with E-state index in [2.05, 4.69) is 11.6 Å². The normalized spacial score (nSPS) is 11.4. The van der Waals surface area contributed by atoms with Crippen LogP contribution in [0.25, 0.3) is 0 Å². The van der Waals surface area contributed by atoms with Crippen molar-refractivity contribution in [3.05, 3.63) is 59.7 Å². The van der Waals surface area contributed by atoms with Gasteiger partial charge in [-0.2, -0.15) is 0 Å². The zero-order valence-corrected chi connectivity index (χ0v) is 13.0. The van der Waals surface area contributed by atoms with Crippen molar-refractivity contribution in [2.45, 2.75) is 31.1 Å². The SMILES string of the molecule is CCCCc1ccc(NS(=O)(=O)c2cc(F)cc(F)c2)cc1. The Morgan fingerprint density at radius 3 is 2.14 bits per heavy atom. The van der Waals surface area contributed by atoms with Gasteiger partial charge in [-0.3, -0.25) is 4.72 Å². The fourth-order valence-corrected chi connectivity index (χ4v) is 3.12. The predicted molar refractivity (Wildman–Crippen MR) is 82.2 cm³/mol. The summed E-state index contributed by atoms with van der Waals surface area (Å²) in [5.74, 6) is -1.87. The topological polar surface area (TPSA) is 46.2 Å². The molecule has 0 unspecified atom stereocenters. The highest BCUT2D eigenvalue weighted by Gasteiger charge is 2.16. The number of hydrogen-bond acceptors (Lipinski definition) is 2. The van der Waals surface area contributed by atoms with Crippen LogP contribution >= 0.6 is 0 Å². The molecule has 2 rings (SSSR count). The number of halogens is 2. The summed E-state index contributed by atoms with van der Waals surface area (Å²) in [6, 6.07) is 9.12. The summed E-state index contributed by atoms with van der Waals surface area (Å²) < 4.78 is 52.8. The van der Waals surface area contributed by atoms with Gasteiger partial charge in [0.05, 0.1) is 4.90 Å². The molecule has 22 heavy (non-hydrogen) atoms. The zero-order valence-electron chi connectivity index (χ0n) is 12.1. The summed E-state index contributed by atoms with van der Waals surface area (Å²) in [5, 5.41) is 0. The van der Waals surface area contributed by atoms with Crippen molar-refractivity contribution in [3.63, 3.8) is 0 Å². The number of sulfonamides is 1. The minimum Gasteiger partial charge on any atom is -0.280 e. The molecular weight excluding hydrogens is 308 g/mol. The lowest BCUT2D eigenvalue weighted by atomic mass is 10.1. The number of hydrogen-bond donors (Lipinski definition) is 1. The molecule has 0 aliphatic heterocycles. The van der Waals surface area contributed by atoms with Crippen molar-refractivity contribution in [3.8, 4) is 0 Å². The molecule has 0 amide bonds. The fourth-order valence-electron chi connectivity index (χ4n) is 2.02. The minimum atomic E-state index is -4.02. The summed E-state index contributed by atoms with van der Waals surface area (Å²) >= 11 is 0. The number of nitrogens with one attached hydrogen (secondary N) is 1. The van der Waals surface area contributed by atoms with E-state index in [1.54, 1.807) is 12.1 Å². The number of anilines is 1. The molecule has 0 aromatic heterocycles. The van der Waals surface area contributed by atoms with E-state index in [0.717, 1.165) is 37.0 Å². The average Bonchev–Trinajstić information content (AvgIpc) is 2.45.